The molecule has 3 aromatic rings. The van der Waals surface area contributed by atoms with Crippen molar-refractivity contribution in [2.75, 3.05) is 39.6 Å². The Bertz CT molecular complexity index is 3090. The number of phenols is 3. The van der Waals surface area contributed by atoms with Crippen LogP contribution in [0.3, 0.4) is 0 Å². The molecule has 0 aliphatic carbocycles. The van der Waals surface area contributed by atoms with Crippen LogP contribution in [0.2, 0.25) is 0 Å². The van der Waals surface area contributed by atoms with Crippen LogP contribution in [0.1, 0.15) is 6.92 Å². The molecule has 7 aliphatic heterocycles. The molecule has 40 heteroatoms. The van der Waals surface area contributed by atoms with Gasteiger partial charge in [-0.1, -0.05) is 0 Å². The molecule has 0 amide bonds. The van der Waals surface area contributed by atoms with Crippen molar-refractivity contribution in [2.45, 2.75) is 222 Å². The molecule has 7 saturated heterocycles. The molecular weight excluding hydrogens is 1320 g/mol. The third-order valence-electron chi connectivity index (χ3n) is 17.7. The summed E-state index contributed by atoms with van der Waals surface area (Å²) in [7, 11) is 0. The Morgan fingerprint density at radius 2 is 0.742 bits per heavy atom. The summed E-state index contributed by atoms with van der Waals surface area (Å²) in [6, 6.07) is 6.51. The highest BCUT2D eigenvalue weighted by atomic mass is 16.8. The standard InChI is InChI=1S/C57H80O40/c1-14-27(66)31(70)37(76)51(84-14)83-13-25-48(43(82)50(97-53-39(78)33(72)29(68)21(9-59)87-53)57(91-25)96-49-30(69)26-18(65)6-17(64)7-19(26)85-44(49)15-2-4-16(63)5-3-15)95-56-42(81)36(75)47(24(12-62)90-56)94-55-41(80)35(74)46(23(11-61)89-55)93-54-40(79)34(73)45(22(10-60)88-54)92-52-38(77)32(71)28(67)20(8-58)86-52/h2-7,14,20-25,27-29,31-43,45-48,50-68,70-82H,8-13H2,1H3/t14?,20?,21?,22?,23?,24?,25?,27-,28+,29-,31-,32-,33-,34+,35+,36+,37?,38?,39?,40?,41?,42?,43-,45+,46+,47+,48+,50?,51+,52+,53-,54+,55+,56+,57-/m0/s1. The second-order valence-electron chi connectivity index (χ2n) is 24.2. The van der Waals surface area contributed by atoms with E-state index in [1.54, 1.807) is 0 Å². The summed E-state index contributed by atoms with van der Waals surface area (Å²) in [4.78, 5) is 14.7. The van der Waals surface area contributed by atoms with E-state index in [1.807, 2.05) is 0 Å². The molecule has 2 aromatic carbocycles. The van der Waals surface area contributed by atoms with E-state index in [9.17, 15) is 127 Å². The Balaban J connectivity index is 0.913. The number of phenolic OH excluding ortho intramolecular Hbond substituents is 3. The van der Waals surface area contributed by atoms with Crippen molar-refractivity contribution in [3.63, 3.8) is 0 Å². The van der Waals surface area contributed by atoms with Gasteiger partial charge in [0.05, 0.1) is 45.7 Å². The number of rotatable bonds is 21. The molecular formula is C57H80O40. The van der Waals surface area contributed by atoms with E-state index in [2.05, 4.69) is 0 Å². The van der Waals surface area contributed by atoms with Gasteiger partial charge in [-0.25, -0.2) is 0 Å². The molecule has 7 aliphatic rings. The number of hydrogen-bond donors (Lipinski definition) is 24. The lowest BCUT2D eigenvalue weighted by Crippen LogP contribution is -2.68. The summed E-state index contributed by atoms with van der Waals surface area (Å²) in [5.74, 6) is -3.12. The minimum atomic E-state index is -2.45. The van der Waals surface area contributed by atoms with Crippen molar-refractivity contribution < 1.29 is 193 Å². The average Bonchev–Trinajstić information content (AvgIpc) is 0.759. The van der Waals surface area contributed by atoms with Crippen LogP contribution in [0.5, 0.6) is 23.0 Å². The molecule has 7 fully saturated rings. The second-order valence-corrected chi connectivity index (χ2v) is 24.2. The van der Waals surface area contributed by atoms with Crippen molar-refractivity contribution in [1.29, 1.82) is 0 Å². The topological polar surface area (TPSA) is 645 Å². The van der Waals surface area contributed by atoms with Crippen molar-refractivity contribution in [2.24, 2.45) is 0 Å². The summed E-state index contributed by atoms with van der Waals surface area (Å²) >= 11 is 0. The first-order chi connectivity index (χ1) is 46.0. The van der Waals surface area contributed by atoms with Gasteiger partial charge in [0.2, 0.25) is 17.5 Å². The number of aliphatic hydroxyl groups excluding tert-OH is 21. The Kier molecular flexibility index (Phi) is 24.3. The Morgan fingerprint density at radius 1 is 0.371 bits per heavy atom. The van der Waals surface area contributed by atoms with Gasteiger partial charge in [-0.3, -0.25) is 4.79 Å². The highest BCUT2D eigenvalue weighted by Gasteiger charge is 2.59. The number of aromatic hydroxyl groups is 3. The number of aliphatic hydroxyl groups is 21. The first-order valence-corrected chi connectivity index (χ1v) is 30.5. The minimum absolute atomic E-state index is 0.0421. The number of hydrogen-bond acceptors (Lipinski definition) is 40. The summed E-state index contributed by atoms with van der Waals surface area (Å²) < 4.78 is 87.6. The van der Waals surface area contributed by atoms with Crippen molar-refractivity contribution in [3.05, 3.63) is 46.6 Å². The van der Waals surface area contributed by atoms with Gasteiger partial charge in [0, 0.05) is 17.7 Å². The van der Waals surface area contributed by atoms with Crippen molar-refractivity contribution >= 4 is 11.0 Å². The van der Waals surface area contributed by atoms with E-state index in [1.165, 1.54) is 19.1 Å². The first-order valence-electron chi connectivity index (χ1n) is 30.5. The fourth-order valence-corrected chi connectivity index (χ4v) is 12.2. The summed E-state index contributed by atoms with van der Waals surface area (Å²) in [5.41, 5.74) is -1.69. The lowest BCUT2D eigenvalue weighted by Gasteiger charge is -2.50. The molecule has 8 heterocycles. The third-order valence-corrected chi connectivity index (χ3v) is 17.7. The van der Waals surface area contributed by atoms with E-state index in [-0.39, 0.29) is 11.3 Å². The number of fused-ring (bicyclic) bond motifs is 1. The predicted octanol–water partition coefficient (Wildman–Crippen LogP) is -12.3. The van der Waals surface area contributed by atoms with Crippen LogP contribution in [0.15, 0.2) is 45.6 Å². The normalized spacial score (nSPS) is 45.3. The van der Waals surface area contributed by atoms with Crippen LogP contribution in [0.25, 0.3) is 22.3 Å². The molecule has 40 nitrogen and oxygen atoms in total. The second kappa shape index (κ2) is 31.4. The van der Waals surface area contributed by atoms with Crippen LogP contribution < -0.4 is 10.2 Å². The monoisotopic (exact) mass is 1400 g/mol. The number of benzene rings is 2. The molecule has 97 heavy (non-hydrogen) atoms. The Morgan fingerprint density at radius 3 is 1.18 bits per heavy atom. The molecule has 14 unspecified atom stereocenters. The summed E-state index contributed by atoms with van der Waals surface area (Å²) in [5, 5.41) is 260. The van der Waals surface area contributed by atoms with Crippen LogP contribution in [0.4, 0.5) is 0 Å². The molecule has 0 spiro atoms. The average molecular weight is 1410 g/mol. The molecule has 35 atom stereocenters. The van der Waals surface area contributed by atoms with Crippen LogP contribution >= 0.6 is 0 Å². The molecule has 0 saturated carbocycles. The summed E-state index contributed by atoms with van der Waals surface area (Å²) in [6.45, 7) is -4.93. The maximum Gasteiger partial charge on any atom is 0.239 e. The lowest BCUT2D eigenvalue weighted by molar-refractivity contribution is -0.397. The van der Waals surface area contributed by atoms with Gasteiger partial charge < -0.3 is 193 Å². The van der Waals surface area contributed by atoms with Crippen LogP contribution in [-0.2, 0) is 61.6 Å². The predicted molar refractivity (Wildman–Crippen MR) is 302 cm³/mol. The molecule has 24 N–H and O–H groups in total. The number of ether oxygens (including phenoxy) is 14. The Labute approximate surface area is 545 Å². The quantitative estimate of drug-likeness (QED) is 0.0471. The SMILES string of the molecule is CC1O[C@@H](OCC2O[C@@H](Oc3c(-c4ccc(O)cc4)oc4cc(O)cc(O)c4c3=O)C(O[C@@H]3OC(CO)[C@H](O)[C@H](O)C3O)[C@@H](O)[C@@H]2O[C@H]2OC(CO)[C@@H](O[C@H]3OC(CO)[C@@H](O[C@H]4OC(CO)[C@@H](O[C@H]5OC(CO)[C@@H](O)[C@H](O)C5O)[C@H](O)C4O)[C@H](O)C3O)[C@H](O)C2O)C(O)[C@@H](O)[C@H]1O. The van der Waals surface area contributed by atoms with Gasteiger partial charge in [-0.05, 0) is 31.2 Å². The first kappa shape index (κ1) is 75.2. The highest BCUT2D eigenvalue weighted by Crippen LogP contribution is 2.42. The van der Waals surface area contributed by atoms with Gasteiger partial charge in [-0.15, -0.1) is 0 Å². The molecule has 10 rings (SSSR count). The van der Waals surface area contributed by atoms with Crippen LogP contribution in [0, 0.1) is 0 Å². The largest absolute Gasteiger partial charge is 0.508 e. The Hall–Kier alpha value is -4.51. The van der Waals surface area contributed by atoms with Gasteiger partial charge >= 0.3 is 0 Å². The summed E-state index contributed by atoms with van der Waals surface area (Å²) in [6.07, 6.45) is -70.8. The molecule has 0 radical (unpaired) electrons. The van der Waals surface area contributed by atoms with Crippen LogP contribution in [-0.4, -0.2) is 377 Å². The molecule has 1 aromatic heterocycles. The lowest BCUT2D eigenvalue weighted by atomic mass is 9.95. The maximum absolute atomic E-state index is 14.7. The van der Waals surface area contributed by atoms with E-state index in [0.29, 0.717) is 0 Å². The fraction of sp³-hybridized carbons (Fsp3) is 0.737. The highest BCUT2D eigenvalue weighted by molar-refractivity contribution is 5.88. The maximum atomic E-state index is 14.7. The smallest absolute Gasteiger partial charge is 0.239 e. The van der Waals surface area contributed by atoms with Gasteiger partial charge in [0.1, 0.15) is 187 Å². The zero-order valence-electron chi connectivity index (χ0n) is 50.7. The van der Waals surface area contributed by atoms with Crippen molar-refractivity contribution in [3.8, 4) is 34.3 Å². The zero-order valence-corrected chi connectivity index (χ0v) is 50.7. The van der Waals surface area contributed by atoms with Gasteiger partial charge in [-0.2, -0.15) is 0 Å². The van der Waals surface area contributed by atoms with E-state index < -0.39 is 294 Å². The van der Waals surface area contributed by atoms with E-state index in [0.717, 1.165) is 24.3 Å². The minimum Gasteiger partial charge on any atom is -0.508 e. The third kappa shape index (κ3) is 15.1. The van der Waals surface area contributed by atoms with Gasteiger partial charge in [0.15, 0.2) is 49.6 Å². The van der Waals surface area contributed by atoms with E-state index >= 15 is 0 Å². The van der Waals surface area contributed by atoms with E-state index in [4.69, 9.17) is 70.7 Å². The fourth-order valence-electron chi connectivity index (χ4n) is 12.2. The zero-order chi connectivity index (χ0) is 70.5. The van der Waals surface area contributed by atoms with Gasteiger partial charge in [0.25, 0.3) is 0 Å². The van der Waals surface area contributed by atoms with Crippen molar-refractivity contribution in [1.82, 2.24) is 0 Å². The molecule has 0 bridgehead atoms. The molecule has 548 valence electrons.